The molecule has 1 aromatic rings. The summed E-state index contributed by atoms with van der Waals surface area (Å²) < 4.78 is 36.9. The summed E-state index contributed by atoms with van der Waals surface area (Å²) in [6.07, 6.45) is -1.38. The third-order valence-corrected chi connectivity index (χ3v) is 1.90. The van der Waals surface area contributed by atoms with Crippen LogP contribution >= 0.6 is 0 Å². The molecule has 0 saturated carbocycles. The van der Waals surface area contributed by atoms with E-state index in [1.807, 2.05) is 5.10 Å². The molecule has 0 spiro atoms. The van der Waals surface area contributed by atoms with Gasteiger partial charge in [-0.3, -0.25) is 5.10 Å². The van der Waals surface area contributed by atoms with Crippen molar-refractivity contribution in [1.82, 2.24) is 10.2 Å². The van der Waals surface area contributed by atoms with Crippen LogP contribution in [-0.2, 0) is 12.6 Å². The fraction of sp³-hybridized carbons (Fsp3) is 0.625. The highest BCUT2D eigenvalue weighted by molar-refractivity contribution is 5.19. The molecule has 0 fully saturated rings. The standard InChI is InChI=1S/C8H12F3N3/c9-8(10,11)7-6(5-13-14-7)3-1-2-4-12/h5H,1-4,12H2,(H,13,14). The van der Waals surface area contributed by atoms with Crippen LogP contribution in [0.15, 0.2) is 6.20 Å². The summed E-state index contributed by atoms with van der Waals surface area (Å²) in [5.41, 5.74) is 4.72. The van der Waals surface area contributed by atoms with Gasteiger partial charge in [-0.25, -0.2) is 0 Å². The van der Waals surface area contributed by atoms with Crippen molar-refractivity contribution in [1.29, 1.82) is 0 Å². The van der Waals surface area contributed by atoms with Gasteiger partial charge in [-0.05, 0) is 25.8 Å². The normalized spacial score (nSPS) is 12.0. The molecule has 0 bridgehead atoms. The molecule has 0 aliphatic heterocycles. The SMILES string of the molecule is NCCCCc1cn[nH]c1C(F)(F)F. The Morgan fingerprint density at radius 2 is 2.07 bits per heavy atom. The lowest BCUT2D eigenvalue weighted by atomic mass is 10.1. The van der Waals surface area contributed by atoms with Crippen molar-refractivity contribution in [3.8, 4) is 0 Å². The molecule has 1 aromatic heterocycles. The first-order valence-corrected chi connectivity index (χ1v) is 4.35. The van der Waals surface area contributed by atoms with Gasteiger partial charge >= 0.3 is 6.18 Å². The summed E-state index contributed by atoms with van der Waals surface area (Å²) in [5, 5.41) is 5.36. The Balaban J connectivity index is 2.63. The third kappa shape index (κ3) is 2.73. The van der Waals surface area contributed by atoms with E-state index in [4.69, 9.17) is 5.73 Å². The van der Waals surface area contributed by atoms with Crippen LogP contribution in [-0.4, -0.2) is 16.7 Å². The largest absolute Gasteiger partial charge is 0.433 e. The lowest BCUT2D eigenvalue weighted by molar-refractivity contribution is -0.141. The first-order chi connectivity index (χ1) is 6.55. The third-order valence-electron chi connectivity index (χ3n) is 1.90. The Hall–Kier alpha value is -1.04. The molecule has 1 rings (SSSR count). The Kier molecular flexibility index (Phi) is 3.51. The van der Waals surface area contributed by atoms with Crippen LogP contribution in [0, 0.1) is 0 Å². The molecule has 0 radical (unpaired) electrons. The number of nitrogens with two attached hydrogens (primary N) is 1. The van der Waals surface area contributed by atoms with Crippen molar-refractivity contribution in [3.05, 3.63) is 17.5 Å². The smallest absolute Gasteiger partial charge is 0.330 e. The maximum Gasteiger partial charge on any atom is 0.433 e. The predicted molar refractivity (Wildman–Crippen MR) is 45.6 cm³/mol. The number of H-pyrrole nitrogens is 1. The minimum absolute atomic E-state index is 0.214. The molecule has 1 heterocycles. The van der Waals surface area contributed by atoms with Crippen LogP contribution in [0.3, 0.4) is 0 Å². The minimum Gasteiger partial charge on any atom is -0.330 e. The Morgan fingerprint density at radius 3 is 2.64 bits per heavy atom. The Morgan fingerprint density at radius 1 is 1.36 bits per heavy atom. The van der Waals surface area contributed by atoms with Gasteiger partial charge in [-0.2, -0.15) is 18.3 Å². The van der Waals surface area contributed by atoms with Crippen molar-refractivity contribution in [3.63, 3.8) is 0 Å². The summed E-state index contributed by atoms with van der Waals surface area (Å²) in [6.45, 7) is 0.499. The number of halogens is 3. The first-order valence-electron chi connectivity index (χ1n) is 4.35. The summed E-state index contributed by atoms with van der Waals surface area (Å²) >= 11 is 0. The highest BCUT2D eigenvalue weighted by Gasteiger charge is 2.35. The quantitative estimate of drug-likeness (QED) is 0.738. The van der Waals surface area contributed by atoms with E-state index in [0.29, 0.717) is 19.4 Å². The molecular weight excluding hydrogens is 195 g/mol. The number of aromatic nitrogens is 2. The van der Waals surface area contributed by atoms with Gasteiger partial charge in [0.25, 0.3) is 0 Å². The lowest BCUT2D eigenvalue weighted by Gasteiger charge is -2.06. The number of aryl methyl sites for hydroxylation is 1. The number of nitrogens with one attached hydrogen (secondary N) is 1. The van der Waals surface area contributed by atoms with Gasteiger partial charge in [0, 0.05) is 5.56 Å². The number of nitrogens with zero attached hydrogens (tertiary/aromatic N) is 1. The van der Waals surface area contributed by atoms with Crippen molar-refractivity contribution in [2.24, 2.45) is 5.73 Å². The summed E-state index contributed by atoms with van der Waals surface area (Å²) in [6, 6.07) is 0. The summed E-state index contributed by atoms with van der Waals surface area (Å²) in [4.78, 5) is 0. The zero-order chi connectivity index (χ0) is 10.6. The van der Waals surface area contributed by atoms with E-state index >= 15 is 0 Å². The van der Waals surface area contributed by atoms with E-state index in [2.05, 4.69) is 5.10 Å². The average Bonchev–Trinajstić information content (AvgIpc) is 2.52. The van der Waals surface area contributed by atoms with Crippen LogP contribution in [0.25, 0.3) is 0 Å². The monoisotopic (exact) mass is 207 g/mol. The van der Waals surface area contributed by atoms with E-state index < -0.39 is 11.9 Å². The first kappa shape index (κ1) is 11.0. The van der Waals surface area contributed by atoms with Gasteiger partial charge < -0.3 is 5.73 Å². The highest BCUT2D eigenvalue weighted by atomic mass is 19.4. The molecule has 0 amide bonds. The number of alkyl halides is 3. The van der Waals surface area contributed by atoms with Crippen molar-refractivity contribution >= 4 is 0 Å². The van der Waals surface area contributed by atoms with Gasteiger partial charge in [-0.1, -0.05) is 0 Å². The van der Waals surface area contributed by atoms with Crippen molar-refractivity contribution in [2.75, 3.05) is 6.54 Å². The molecule has 14 heavy (non-hydrogen) atoms. The predicted octanol–water partition coefficient (Wildman–Crippen LogP) is 1.71. The molecule has 3 N–H and O–H groups in total. The number of aromatic amines is 1. The van der Waals surface area contributed by atoms with Crippen LogP contribution in [0.2, 0.25) is 0 Å². The number of unbranched alkanes of at least 4 members (excludes halogenated alkanes) is 1. The maximum absolute atomic E-state index is 12.3. The van der Waals surface area contributed by atoms with Gasteiger partial charge in [0.2, 0.25) is 0 Å². The minimum atomic E-state index is -4.34. The van der Waals surface area contributed by atoms with Crippen LogP contribution in [0.4, 0.5) is 13.2 Å². The second-order valence-electron chi connectivity index (χ2n) is 3.01. The molecule has 0 aromatic carbocycles. The molecule has 6 heteroatoms. The highest BCUT2D eigenvalue weighted by Crippen LogP contribution is 2.30. The molecule has 0 atom stereocenters. The second-order valence-corrected chi connectivity index (χ2v) is 3.01. The van der Waals surface area contributed by atoms with E-state index in [-0.39, 0.29) is 5.56 Å². The zero-order valence-corrected chi connectivity index (χ0v) is 7.56. The van der Waals surface area contributed by atoms with Crippen LogP contribution in [0.1, 0.15) is 24.1 Å². The lowest BCUT2D eigenvalue weighted by Crippen LogP contribution is -2.09. The van der Waals surface area contributed by atoms with E-state index in [0.717, 1.165) is 6.42 Å². The fourth-order valence-electron chi connectivity index (χ4n) is 1.21. The second kappa shape index (κ2) is 4.45. The number of hydrogen-bond donors (Lipinski definition) is 2. The molecule has 0 aliphatic carbocycles. The molecule has 0 aliphatic rings. The van der Waals surface area contributed by atoms with Crippen LogP contribution in [0.5, 0.6) is 0 Å². The van der Waals surface area contributed by atoms with Crippen LogP contribution < -0.4 is 5.73 Å². The van der Waals surface area contributed by atoms with E-state index in [1.54, 1.807) is 0 Å². The Bertz CT molecular complexity index is 280. The molecule has 3 nitrogen and oxygen atoms in total. The fourth-order valence-corrected chi connectivity index (χ4v) is 1.21. The van der Waals surface area contributed by atoms with Crippen molar-refractivity contribution < 1.29 is 13.2 Å². The van der Waals surface area contributed by atoms with Gasteiger partial charge in [0.05, 0.1) is 6.20 Å². The van der Waals surface area contributed by atoms with E-state index in [9.17, 15) is 13.2 Å². The average molecular weight is 207 g/mol. The topological polar surface area (TPSA) is 54.7 Å². The van der Waals surface area contributed by atoms with E-state index in [1.165, 1.54) is 6.20 Å². The van der Waals surface area contributed by atoms with Gasteiger partial charge in [0.1, 0.15) is 5.69 Å². The number of hydrogen-bond acceptors (Lipinski definition) is 2. The van der Waals surface area contributed by atoms with Crippen molar-refractivity contribution in [2.45, 2.75) is 25.4 Å². The van der Waals surface area contributed by atoms with Gasteiger partial charge in [-0.15, -0.1) is 0 Å². The molecule has 0 unspecified atom stereocenters. The zero-order valence-electron chi connectivity index (χ0n) is 7.56. The summed E-state index contributed by atoms with van der Waals surface area (Å²) in [5.74, 6) is 0. The molecule has 0 saturated heterocycles. The molecule has 80 valence electrons. The number of rotatable bonds is 4. The molecular formula is C8H12F3N3. The summed E-state index contributed by atoms with van der Waals surface area (Å²) in [7, 11) is 0. The maximum atomic E-state index is 12.3. The Labute approximate surface area is 79.5 Å². The van der Waals surface area contributed by atoms with Gasteiger partial charge in [0.15, 0.2) is 0 Å².